The fourth-order valence-electron chi connectivity index (χ4n) is 3.10. The molecule has 0 saturated carbocycles. The number of methoxy groups -OCH3 is 1. The lowest BCUT2D eigenvalue weighted by molar-refractivity contribution is 0.0746. The molecular weight excluding hydrogens is 344 g/mol. The Kier molecular flexibility index (Phi) is 4.69. The summed E-state index contributed by atoms with van der Waals surface area (Å²) < 4.78 is 6.99. The molecular formula is C19H20N6O2. The zero-order valence-corrected chi connectivity index (χ0v) is 15.0. The Bertz CT molecular complexity index is 902. The number of nitrogens with zero attached hydrogens (tertiary/aromatic N) is 6. The predicted molar refractivity (Wildman–Crippen MR) is 100 cm³/mol. The van der Waals surface area contributed by atoms with E-state index in [0.29, 0.717) is 18.7 Å². The first-order valence-corrected chi connectivity index (χ1v) is 8.73. The molecule has 1 fully saturated rings. The molecule has 0 atom stereocenters. The highest BCUT2D eigenvalue weighted by Gasteiger charge is 2.23. The number of imidazole rings is 1. The van der Waals surface area contributed by atoms with Gasteiger partial charge in [-0.3, -0.25) is 9.36 Å². The van der Waals surface area contributed by atoms with Crippen LogP contribution in [0, 0.1) is 0 Å². The van der Waals surface area contributed by atoms with Crippen LogP contribution < -0.4 is 9.64 Å². The maximum atomic E-state index is 12.7. The van der Waals surface area contributed by atoms with Gasteiger partial charge in [0.05, 0.1) is 7.11 Å². The second kappa shape index (κ2) is 7.45. The molecule has 27 heavy (non-hydrogen) atoms. The summed E-state index contributed by atoms with van der Waals surface area (Å²) in [5, 5.41) is 0. The smallest absolute Gasteiger partial charge is 0.253 e. The SMILES string of the molecule is COc1ccc(C(=O)N2CCN(c3cc(-n4ccnc4)ncn3)CC2)cc1. The molecule has 2 aromatic heterocycles. The number of ether oxygens (including phenoxy) is 1. The van der Waals surface area contributed by atoms with Gasteiger partial charge >= 0.3 is 0 Å². The van der Waals surface area contributed by atoms with Crippen LogP contribution in [0.2, 0.25) is 0 Å². The van der Waals surface area contributed by atoms with E-state index in [-0.39, 0.29) is 5.91 Å². The Hall–Kier alpha value is -3.42. The first kappa shape index (κ1) is 17.0. The molecule has 1 aliphatic heterocycles. The Morgan fingerprint density at radius 3 is 2.44 bits per heavy atom. The van der Waals surface area contributed by atoms with Gasteiger partial charge in [-0.15, -0.1) is 0 Å². The zero-order valence-electron chi connectivity index (χ0n) is 15.0. The molecule has 0 N–H and O–H groups in total. The molecule has 3 aromatic rings. The van der Waals surface area contributed by atoms with Crippen LogP contribution in [-0.2, 0) is 0 Å². The number of rotatable bonds is 4. The minimum absolute atomic E-state index is 0.0408. The number of carbonyl (C=O) groups excluding carboxylic acids is 1. The minimum Gasteiger partial charge on any atom is -0.497 e. The van der Waals surface area contributed by atoms with E-state index < -0.39 is 0 Å². The van der Waals surface area contributed by atoms with E-state index in [9.17, 15) is 4.79 Å². The third kappa shape index (κ3) is 3.59. The van der Waals surface area contributed by atoms with Crippen LogP contribution >= 0.6 is 0 Å². The van der Waals surface area contributed by atoms with Gasteiger partial charge in [0, 0.05) is 50.2 Å². The lowest BCUT2D eigenvalue weighted by Crippen LogP contribution is -2.49. The third-order valence-electron chi connectivity index (χ3n) is 4.64. The molecule has 1 amide bonds. The first-order valence-electron chi connectivity index (χ1n) is 8.73. The van der Waals surface area contributed by atoms with Crippen molar-refractivity contribution in [2.75, 3.05) is 38.2 Å². The monoisotopic (exact) mass is 364 g/mol. The van der Waals surface area contributed by atoms with Crippen molar-refractivity contribution in [3.8, 4) is 11.6 Å². The van der Waals surface area contributed by atoms with Crippen molar-refractivity contribution in [1.29, 1.82) is 0 Å². The molecule has 3 heterocycles. The molecule has 8 heteroatoms. The number of carbonyl (C=O) groups is 1. The van der Waals surface area contributed by atoms with E-state index in [1.54, 1.807) is 38.1 Å². The van der Waals surface area contributed by atoms with Crippen molar-refractivity contribution in [1.82, 2.24) is 24.4 Å². The van der Waals surface area contributed by atoms with Crippen LogP contribution in [0.15, 0.2) is 55.4 Å². The van der Waals surface area contributed by atoms with Crippen molar-refractivity contribution in [2.45, 2.75) is 0 Å². The van der Waals surface area contributed by atoms with Crippen LogP contribution in [0.4, 0.5) is 5.82 Å². The van der Waals surface area contributed by atoms with Crippen LogP contribution in [0.25, 0.3) is 5.82 Å². The van der Waals surface area contributed by atoms with Gasteiger partial charge in [0.25, 0.3) is 5.91 Å². The number of piperazine rings is 1. The van der Waals surface area contributed by atoms with Crippen LogP contribution in [0.1, 0.15) is 10.4 Å². The number of aromatic nitrogens is 4. The highest BCUT2D eigenvalue weighted by molar-refractivity contribution is 5.94. The summed E-state index contributed by atoms with van der Waals surface area (Å²) in [5.41, 5.74) is 0.675. The van der Waals surface area contributed by atoms with Gasteiger partial charge in [0.2, 0.25) is 0 Å². The predicted octanol–water partition coefficient (Wildman–Crippen LogP) is 1.63. The molecule has 0 bridgehead atoms. The van der Waals surface area contributed by atoms with E-state index in [2.05, 4.69) is 19.9 Å². The summed E-state index contributed by atoms with van der Waals surface area (Å²) in [6.45, 7) is 2.75. The van der Waals surface area contributed by atoms with Gasteiger partial charge < -0.3 is 14.5 Å². The van der Waals surface area contributed by atoms with E-state index in [1.165, 1.54) is 0 Å². The first-order chi connectivity index (χ1) is 13.2. The lowest BCUT2D eigenvalue weighted by atomic mass is 10.1. The summed E-state index contributed by atoms with van der Waals surface area (Å²) in [4.78, 5) is 29.4. The number of benzene rings is 1. The topological polar surface area (TPSA) is 76.4 Å². The number of hydrogen-bond acceptors (Lipinski definition) is 6. The number of hydrogen-bond donors (Lipinski definition) is 0. The van der Waals surface area contributed by atoms with Gasteiger partial charge in [-0.25, -0.2) is 15.0 Å². The summed E-state index contributed by atoms with van der Waals surface area (Å²) in [6.07, 6.45) is 6.82. The standard InChI is InChI=1S/C19H20N6O2/c1-27-16-4-2-15(3-5-16)19(26)24-10-8-23(9-11-24)17-12-18(22-13-21-17)25-7-6-20-14-25/h2-7,12-14H,8-11H2,1H3. The van der Waals surface area contributed by atoms with Gasteiger partial charge in [-0.2, -0.15) is 0 Å². The van der Waals surface area contributed by atoms with Crippen molar-refractivity contribution < 1.29 is 9.53 Å². The molecule has 1 aromatic carbocycles. The highest BCUT2D eigenvalue weighted by atomic mass is 16.5. The van der Waals surface area contributed by atoms with Crippen molar-refractivity contribution >= 4 is 11.7 Å². The van der Waals surface area contributed by atoms with Gasteiger partial charge in [-0.1, -0.05) is 0 Å². The van der Waals surface area contributed by atoms with E-state index in [0.717, 1.165) is 30.5 Å². The Balaban J connectivity index is 1.41. The highest BCUT2D eigenvalue weighted by Crippen LogP contribution is 2.18. The fraction of sp³-hybridized carbons (Fsp3) is 0.263. The van der Waals surface area contributed by atoms with Crippen molar-refractivity contribution in [3.63, 3.8) is 0 Å². The minimum atomic E-state index is 0.0408. The van der Waals surface area contributed by atoms with Gasteiger partial charge in [0.15, 0.2) is 0 Å². The summed E-state index contributed by atoms with van der Waals surface area (Å²) in [7, 11) is 1.61. The number of anilines is 1. The van der Waals surface area contributed by atoms with E-state index in [4.69, 9.17) is 4.74 Å². The maximum absolute atomic E-state index is 12.7. The number of amides is 1. The van der Waals surface area contributed by atoms with Crippen LogP contribution in [0.3, 0.4) is 0 Å². The largest absolute Gasteiger partial charge is 0.497 e. The quantitative estimate of drug-likeness (QED) is 0.700. The molecule has 4 rings (SSSR count). The Morgan fingerprint density at radius 1 is 1.04 bits per heavy atom. The van der Waals surface area contributed by atoms with Crippen LogP contribution in [0.5, 0.6) is 5.75 Å². The Morgan fingerprint density at radius 2 is 1.78 bits per heavy atom. The molecule has 0 spiro atoms. The molecule has 0 radical (unpaired) electrons. The average Bonchev–Trinajstić information content (AvgIpc) is 3.29. The molecule has 138 valence electrons. The lowest BCUT2D eigenvalue weighted by Gasteiger charge is -2.35. The summed E-state index contributed by atoms with van der Waals surface area (Å²) >= 11 is 0. The third-order valence-corrected chi connectivity index (χ3v) is 4.64. The van der Waals surface area contributed by atoms with Gasteiger partial charge in [-0.05, 0) is 24.3 Å². The molecule has 0 aliphatic carbocycles. The normalized spacial score (nSPS) is 14.3. The van der Waals surface area contributed by atoms with Crippen LogP contribution in [-0.4, -0.2) is 63.6 Å². The molecule has 1 aliphatic rings. The maximum Gasteiger partial charge on any atom is 0.253 e. The second-order valence-electron chi connectivity index (χ2n) is 6.21. The second-order valence-corrected chi connectivity index (χ2v) is 6.21. The molecule has 8 nitrogen and oxygen atoms in total. The molecule has 1 saturated heterocycles. The van der Waals surface area contributed by atoms with Crippen molar-refractivity contribution in [3.05, 3.63) is 60.9 Å². The summed E-state index contributed by atoms with van der Waals surface area (Å²) in [6, 6.07) is 9.15. The zero-order chi connectivity index (χ0) is 18.6. The fourth-order valence-corrected chi connectivity index (χ4v) is 3.10. The van der Waals surface area contributed by atoms with E-state index >= 15 is 0 Å². The Labute approximate surface area is 157 Å². The van der Waals surface area contributed by atoms with Crippen molar-refractivity contribution in [2.24, 2.45) is 0 Å². The summed E-state index contributed by atoms with van der Waals surface area (Å²) in [5.74, 6) is 2.41. The molecule has 0 unspecified atom stereocenters. The average molecular weight is 364 g/mol. The van der Waals surface area contributed by atoms with Gasteiger partial charge in [0.1, 0.15) is 30.0 Å². The van der Waals surface area contributed by atoms with E-state index in [1.807, 2.05) is 33.9 Å².